The quantitative estimate of drug-likeness (QED) is 0.162. The number of benzene rings is 1. The average Bonchev–Trinajstić information content (AvgIpc) is 3.41. The molecule has 0 spiro atoms. The van der Waals surface area contributed by atoms with Gasteiger partial charge in [0.2, 0.25) is 0 Å². The highest BCUT2D eigenvalue weighted by molar-refractivity contribution is 6.77. The summed E-state index contributed by atoms with van der Waals surface area (Å²) in [6.45, 7) is 15.7. The van der Waals surface area contributed by atoms with Gasteiger partial charge in [-0.15, -0.1) is 6.42 Å². The maximum Gasteiger partial charge on any atom is 0.408 e. The molecule has 190 valence electrons. The first-order valence-electron chi connectivity index (χ1n) is 11.7. The Hall–Kier alpha value is -1.82. The van der Waals surface area contributed by atoms with Gasteiger partial charge in [-0.05, 0) is 36.0 Å². The topological polar surface area (TPSA) is 48.1 Å². The number of hydrogen-bond acceptors (Lipinski definition) is 4. The zero-order valence-corrected chi connectivity index (χ0v) is 22.3. The van der Waals surface area contributed by atoms with E-state index in [1.54, 1.807) is 13.0 Å². The van der Waals surface area contributed by atoms with Crippen molar-refractivity contribution >= 4 is 14.3 Å². The molecule has 0 saturated carbocycles. The van der Waals surface area contributed by atoms with E-state index in [-0.39, 0.29) is 12.2 Å². The van der Waals surface area contributed by atoms with Crippen molar-refractivity contribution < 1.29 is 31.9 Å². The Morgan fingerprint density at radius 1 is 1.12 bits per heavy atom. The van der Waals surface area contributed by atoms with Gasteiger partial charge in [-0.25, -0.2) is 0 Å². The number of hydrogen-bond donors (Lipinski definition) is 0. The highest BCUT2D eigenvalue weighted by atomic mass is 28.4. The normalized spacial score (nSPS) is 23.5. The standard InChI is InChI=1S/C26H37F3O4Si/c1-10-21(32-23(30)24(8,26(27,28)29)20-14-12-11-13-15-20)25(9)22(33-25)16-31-34(17(2)3,18(4)5)19(6)7/h1,11-15,17-19,21-22H,16H2,2-9H3/t21-,22+,24-,25?/m1/s1. The van der Waals surface area contributed by atoms with Crippen molar-refractivity contribution in [2.75, 3.05) is 6.61 Å². The number of esters is 1. The van der Waals surface area contributed by atoms with Crippen LogP contribution in [0.3, 0.4) is 0 Å². The lowest BCUT2D eigenvalue weighted by Crippen LogP contribution is -2.50. The number of ether oxygens (including phenoxy) is 2. The fourth-order valence-corrected chi connectivity index (χ4v) is 10.6. The summed E-state index contributed by atoms with van der Waals surface area (Å²) >= 11 is 0. The largest absolute Gasteiger partial charge is 0.445 e. The molecule has 1 aromatic carbocycles. The van der Waals surface area contributed by atoms with Crippen LogP contribution in [0.15, 0.2) is 30.3 Å². The summed E-state index contributed by atoms with van der Waals surface area (Å²) in [5, 5.41) is 0. The number of carbonyl (C=O) groups excluding carboxylic acids is 1. The van der Waals surface area contributed by atoms with Crippen LogP contribution in [0.2, 0.25) is 16.6 Å². The van der Waals surface area contributed by atoms with E-state index in [0.29, 0.717) is 16.6 Å². The molecule has 8 heteroatoms. The Bertz CT molecular complexity index is 872. The van der Waals surface area contributed by atoms with E-state index in [1.165, 1.54) is 24.3 Å². The van der Waals surface area contributed by atoms with Crippen molar-refractivity contribution in [1.82, 2.24) is 0 Å². The van der Waals surface area contributed by atoms with Crippen molar-refractivity contribution in [3.63, 3.8) is 0 Å². The van der Waals surface area contributed by atoms with Crippen molar-refractivity contribution in [1.29, 1.82) is 0 Å². The van der Waals surface area contributed by atoms with Crippen LogP contribution >= 0.6 is 0 Å². The SMILES string of the molecule is C#C[C@@H](OC(=O)[C@@](C)(c1ccccc1)C(F)(F)F)C1(C)O[C@H]1CO[Si](C(C)C)(C(C)C)C(C)C. The minimum atomic E-state index is -4.88. The Morgan fingerprint density at radius 3 is 2.03 bits per heavy atom. The highest BCUT2D eigenvalue weighted by Crippen LogP contribution is 2.47. The molecule has 4 atom stereocenters. The predicted octanol–water partition coefficient (Wildman–Crippen LogP) is 6.40. The molecular formula is C26H37F3O4Si. The van der Waals surface area contributed by atoms with Gasteiger partial charge >= 0.3 is 12.1 Å². The third-order valence-corrected chi connectivity index (χ3v) is 13.5. The molecule has 1 aliphatic rings. The van der Waals surface area contributed by atoms with E-state index in [4.69, 9.17) is 20.3 Å². The number of carbonyl (C=O) groups is 1. The fourth-order valence-electron chi connectivity index (χ4n) is 5.13. The van der Waals surface area contributed by atoms with E-state index in [2.05, 4.69) is 47.5 Å². The molecule has 1 saturated heterocycles. The third kappa shape index (κ3) is 4.93. The number of epoxide rings is 1. The fraction of sp³-hybridized carbons (Fsp3) is 0.654. The molecule has 1 fully saturated rings. The summed E-state index contributed by atoms with van der Waals surface area (Å²) in [7, 11) is -2.18. The molecule has 0 aliphatic carbocycles. The van der Waals surface area contributed by atoms with E-state index >= 15 is 0 Å². The van der Waals surface area contributed by atoms with Crippen LogP contribution in [0, 0.1) is 12.3 Å². The van der Waals surface area contributed by atoms with Gasteiger partial charge in [-0.2, -0.15) is 13.2 Å². The second-order valence-corrected chi connectivity index (χ2v) is 15.8. The first kappa shape index (κ1) is 28.4. The van der Waals surface area contributed by atoms with Crippen LogP contribution in [0.4, 0.5) is 13.2 Å². The van der Waals surface area contributed by atoms with Crippen molar-refractivity contribution in [2.45, 2.75) is 101 Å². The molecule has 1 aromatic rings. The Kier molecular flexibility index (Phi) is 8.39. The maximum absolute atomic E-state index is 14.1. The first-order chi connectivity index (χ1) is 15.6. The van der Waals surface area contributed by atoms with Gasteiger partial charge in [-0.3, -0.25) is 4.79 Å². The van der Waals surface area contributed by atoms with Gasteiger partial charge in [0, 0.05) is 0 Å². The number of alkyl halides is 3. The third-order valence-electron chi connectivity index (χ3n) is 7.39. The minimum absolute atomic E-state index is 0.216. The molecule has 0 bridgehead atoms. The summed E-state index contributed by atoms with van der Waals surface area (Å²) < 4.78 is 59.8. The summed E-state index contributed by atoms with van der Waals surface area (Å²) in [5.74, 6) is 0.869. The smallest absolute Gasteiger partial charge is 0.408 e. The van der Waals surface area contributed by atoms with Gasteiger partial charge in [0.15, 0.2) is 19.8 Å². The van der Waals surface area contributed by atoms with E-state index < -0.39 is 43.7 Å². The molecule has 2 rings (SSSR count). The molecule has 1 aliphatic heterocycles. The minimum Gasteiger partial charge on any atom is -0.445 e. The predicted molar refractivity (Wildman–Crippen MR) is 129 cm³/mol. The van der Waals surface area contributed by atoms with Crippen molar-refractivity contribution in [3.05, 3.63) is 35.9 Å². The van der Waals surface area contributed by atoms with Crippen molar-refractivity contribution in [3.8, 4) is 12.3 Å². The maximum atomic E-state index is 14.1. The first-order valence-corrected chi connectivity index (χ1v) is 13.8. The number of rotatable bonds is 10. The van der Waals surface area contributed by atoms with Crippen LogP contribution in [0.1, 0.15) is 61.0 Å². The molecule has 0 radical (unpaired) electrons. The molecule has 34 heavy (non-hydrogen) atoms. The van der Waals surface area contributed by atoms with Gasteiger partial charge in [0.1, 0.15) is 11.7 Å². The number of terminal acetylenes is 1. The summed E-state index contributed by atoms with van der Waals surface area (Å²) in [4.78, 5) is 12.9. The zero-order chi connectivity index (χ0) is 26.1. The second kappa shape index (κ2) is 10.0. The lowest BCUT2D eigenvalue weighted by Gasteiger charge is -2.42. The summed E-state index contributed by atoms with van der Waals surface area (Å²) in [6.07, 6.45) is -1.03. The van der Waals surface area contributed by atoms with Crippen molar-refractivity contribution in [2.24, 2.45) is 0 Å². The summed E-state index contributed by atoms with van der Waals surface area (Å²) in [5.41, 5.74) is -3.12. The summed E-state index contributed by atoms with van der Waals surface area (Å²) in [6, 6.07) is 6.96. The van der Waals surface area contributed by atoms with Gasteiger partial charge in [0.05, 0.1) is 6.61 Å². The molecule has 0 N–H and O–H groups in total. The van der Waals surface area contributed by atoms with Crippen LogP contribution < -0.4 is 0 Å². The molecule has 4 nitrogen and oxygen atoms in total. The zero-order valence-electron chi connectivity index (χ0n) is 21.3. The van der Waals surface area contributed by atoms with E-state index in [9.17, 15) is 18.0 Å². The molecule has 1 unspecified atom stereocenters. The second-order valence-electron chi connectivity index (χ2n) is 10.4. The average molecular weight is 499 g/mol. The monoisotopic (exact) mass is 498 g/mol. The van der Waals surface area contributed by atoms with Crippen LogP contribution in [-0.4, -0.2) is 44.9 Å². The molecule has 0 aromatic heterocycles. The van der Waals surface area contributed by atoms with E-state index in [0.717, 1.165) is 6.92 Å². The molecular weight excluding hydrogens is 461 g/mol. The lowest BCUT2D eigenvalue weighted by molar-refractivity contribution is -0.208. The Morgan fingerprint density at radius 2 is 1.62 bits per heavy atom. The van der Waals surface area contributed by atoms with Gasteiger partial charge in [0.25, 0.3) is 0 Å². The van der Waals surface area contributed by atoms with Crippen LogP contribution in [0.25, 0.3) is 0 Å². The van der Waals surface area contributed by atoms with E-state index in [1.807, 2.05) is 0 Å². The van der Waals surface area contributed by atoms with Gasteiger partial charge in [-0.1, -0.05) is 77.8 Å². The molecule has 1 heterocycles. The van der Waals surface area contributed by atoms with Crippen LogP contribution in [0.5, 0.6) is 0 Å². The highest BCUT2D eigenvalue weighted by Gasteiger charge is 2.64. The molecule has 0 amide bonds. The Balaban J connectivity index is 2.21. The van der Waals surface area contributed by atoms with Gasteiger partial charge < -0.3 is 13.9 Å². The van der Waals surface area contributed by atoms with Crippen LogP contribution in [-0.2, 0) is 24.1 Å². The Labute approximate surface area is 202 Å². The number of halogens is 3. The lowest BCUT2D eigenvalue weighted by atomic mass is 9.81.